The Labute approximate surface area is 127 Å². The summed E-state index contributed by atoms with van der Waals surface area (Å²) in [5.41, 5.74) is 5.94. The van der Waals surface area contributed by atoms with Crippen LogP contribution < -0.4 is 16.0 Å². The standard InChI is InChI=1S/C18H26N2O/c19-20-17(16-11-13-1-4-14(16)10-13)5-2-12-3-6-18-15(9-12)7-8-21-18/h3,6,9,13-14,16-17,20H,1-2,4-5,7-8,10-11,19H2. The van der Waals surface area contributed by atoms with Crippen molar-refractivity contribution in [2.75, 3.05) is 6.61 Å². The fourth-order valence-electron chi connectivity index (χ4n) is 4.93. The SMILES string of the molecule is NNC(CCc1ccc2c(c1)CCO2)C1CC2CCC1C2. The molecule has 4 rings (SSSR count). The van der Waals surface area contributed by atoms with Gasteiger partial charge in [-0.1, -0.05) is 18.6 Å². The van der Waals surface area contributed by atoms with E-state index in [4.69, 9.17) is 10.6 Å². The summed E-state index contributed by atoms with van der Waals surface area (Å²) in [4.78, 5) is 0. The van der Waals surface area contributed by atoms with Crippen LogP contribution in [0.1, 0.15) is 43.2 Å². The lowest BCUT2D eigenvalue weighted by Gasteiger charge is -2.30. The van der Waals surface area contributed by atoms with Gasteiger partial charge in [-0.15, -0.1) is 0 Å². The molecule has 0 saturated heterocycles. The van der Waals surface area contributed by atoms with Crippen molar-refractivity contribution >= 4 is 0 Å². The molecule has 2 bridgehead atoms. The largest absolute Gasteiger partial charge is 0.493 e. The van der Waals surface area contributed by atoms with Crippen molar-refractivity contribution < 1.29 is 4.74 Å². The number of rotatable bonds is 5. The van der Waals surface area contributed by atoms with Crippen molar-refractivity contribution in [3.8, 4) is 5.75 Å². The predicted octanol–water partition coefficient (Wildman–Crippen LogP) is 2.82. The molecule has 21 heavy (non-hydrogen) atoms. The fraction of sp³-hybridized carbons (Fsp3) is 0.667. The van der Waals surface area contributed by atoms with Crippen LogP contribution in [0, 0.1) is 17.8 Å². The highest BCUT2D eigenvalue weighted by atomic mass is 16.5. The van der Waals surface area contributed by atoms with Crippen LogP contribution in [0.4, 0.5) is 0 Å². The van der Waals surface area contributed by atoms with E-state index < -0.39 is 0 Å². The van der Waals surface area contributed by atoms with Gasteiger partial charge in [0.05, 0.1) is 6.61 Å². The van der Waals surface area contributed by atoms with Gasteiger partial charge in [-0.2, -0.15) is 0 Å². The molecular weight excluding hydrogens is 260 g/mol. The van der Waals surface area contributed by atoms with Gasteiger partial charge >= 0.3 is 0 Å². The number of hydrogen-bond acceptors (Lipinski definition) is 3. The first kappa shape index (κ1) is 13.6. The zero-order valence-electron chi connectivity index (χ0n) is 12.7. The Kier molecular flexibility index (Phi) is 3.64. The second kappa shape index (κ2) is 5.62. The van der Waals surface area contributed by atoms with Gasteiger partial charge in [0.1, 0.15) is 5.75 Å². The predicted molar refractivity (Wildman–Crippen MR) is 84.0 cm³/mol. The summed E-state index contributed by atoms with van der Waals surface area (Å²) in [5, 5.41) is 0. The van der Waals surface area contributed by atoms with Crippen LogP contribution in [0.3, 0.4) is 0 Å². The third kappa shape index (κ3) is 2.58. The van der Waals surface area contributed by atoms with Crippen LogP contribution in [0.5, 0.6) is 5.75 Å². The summed E-state index contributed by atoms with van der Waals surface area (Å²) in [6.45, 7) is 0.844. The van der Waals surface area contributed by atoms with E-state index in [1.165, 1.54) is 36.8 Å². The normalized spacial score (nSPS) is 31.2. The number of fused-ring (bicyclic) bond motifs is 3. The van der Waals surface area contributed by atoms with E-state index in [0.29, 0.717) is 6.04 Å². The monoisotopic (exact) mass is 286 g/mol. The molecule has 2 saturated carbocycles. The Hall–Kier alpha value is -1.06. The summed E-state index contributed by atoms with van der Waals surface area (Å²) in [5.74, 6) is 9.69. The summed E-state index contributed by atoms with van der Waals surface area (Å²) in [7, 11) is 0. The van der Waals surface area contributed by atoms with Crippen LogP contribution in [0.2, 0.25) is 0 Å². The lowest BCUT2D eigenvalue weighted by atomic mass is 9.81. The van der Waals surface area contributed by atoms with Crippen LogP contribution in [0.25, 0.3) is 0 Å². The highest BCUT2D eigenvalue weighted by molar-refractivity contribution is 5.39. The third-order valence-electron chi connectivity index (χ3n) is 6.02. The zero-order chi connectivity index (χ0) is 14.2. The van der Waals surface area contributed by atoms with Gasteiger partial charge in [0, 0.05) is 12.5 Å². The fourth-order valence-corrected chi connectivity index (χ4v) is 4.93. The van der Waals surface area contributed by atoms with Gasteiger partial charge in [0.15, 0.2) is 0 Å². The maximum absolute atomic E-state index is 5.87. The smallest absolute Gasteiger partial charge is 0.122 e. The lowest BCUT2D eigenvalue weighted by molar-refractivity contribution is 0.240. The lowest BCUT2D eigenvalue weighted by Crippen LogP contribution is -2.43. The van der Waals surface area contributed by atoms with E-state index in [1.54, 1.807) is 0 Å². The van der Waals surface area contributed by atoms with Gasteiger partial charge in [-0.05, 0) is 67.1 Å². The van der Waals surface area contributed by atoms with E-state index in [9.17, 15) is 0 Å². The van der Waals surface area contributed by atoms with Crippen LogP contribution in [-0.2, 0) is 12.8 Å². The Bertz CT molecular complexity index is 516. The molecule has 1 heterocycles. The number of nitrogens with one attached hydrogen (secondary N) is 1. The van der Waals surface area contributed by atoms with Gasteiger partial charge in [0.25, 0.3) is 0 Å². The zero-order valence-corrected chi connectivity index (χ0v) is 12.7. The number of hydrogen-bond donors (Lipinski definition) is 2. The molecule has 2 aliphatic carbocycles. The Morgan fingerprint density at radius 2 is 2.24 bits per heavy atom. The number of ether oxygens (including phenoxy) is 1. The molecule has 3 aliphatic rings. The molecule has 4 unspecified atom stereocenters. The van der Waals surface area contributed by atoms with E-state index in [2.05, 4.69) is 23.6 Å². The highest BCUT2D eigenvalue weighted by Gasteiger charge is 2.42. The minimum Gasteiger partial charge on any atom is -0.493 e. The molecule has 0 radical (unpaired) electrons. The number of benzene rings is 1. The molecule has 3 nitrogen and oxygen atoms in total. The van der Waals surface area contributed by atoms with E-state index >= 15 is 0 Å². The topological polar surface area (TPSA) is 47.3 Å². The minimum absolute atomic E-state index is 0.491. The Morgan fingerprint density at radius 1 is 1.29 bits per heavy atom. The first-order chi connectivity index (χ1) is 10.3. The molecule has 0 amide bonds. The molecular formula is C18H26N2O. The Morgan fingerprint density at radius 3 is 3.00 bits per heavy atom. The number of hydrazine groups is 1. The third-order valence-corrected chi connectivity index (χ3v) is 6.02. The van der Waals surface area contributed by atoms with E-state index in [0.717, 1.165) is 49.4 Å². The molecule has 3 heteroatoms. The molecule has 0 spiro atoms. The summed E-state index contributed by atoms with van der Waals surface area (Å²) in [6, 6.07) is 7.18. The molecule has 1 aliphatic heterocycles. The van der Waals surface area contributed by atoms with Crippen molar-refractivity contribution in [3.63, 3.8) is 0 Å². The number of aryl methyl sites for hydroxylation is 1. The maximum Gasteiger partial charge on any atom is 0.122 e. The number of nitrogens with two attached hydrogens (primary N) is 1. The van der Waals surface area contributed by atoms with Crippen molar-refractivity contribution in [2.45, 2.75) is 51.0 Å². The maximum atomic E-state index is 5.87. The minimum atomic E-state index is 0.491. The van der Waals surface area contributed by atoms with Gasteiger partial charge in [-0.25, -0.2) is 0 Å². The van der Waals surface area contributed by atoms with Crippen LogP contribution >= 0.6 is 0 Å². The molecule has 2 fully saturated rings. The van der Waals surface area contributed by atoms with Crippen LogP contribution in [0.15, 0.2) is 18.2 Å². The molecule has 0 aromatic heterocycles. The van der Waals surface area contributed by atoms with Gasteiger partial charge in [0.2, 0.25) is 0 Å². The van der Waals surface area contributed by atoms with Crippen molar-refractivity contribution in [1.82, 2.24) is 5.43 Å². The van der Waals surface area contributed by atoms with Crippen molar-refractivity contribution in [3.05, 3.63) is 29.3 Å². The molecule has 114 valence electrons. The summed E-state index contributed by atoms with van der Waals surface area (Å²) >= 11 is 0. The average molecular weight is 286 g/mol. The van der Waals surface area contributed by atoms with E-state index in [1.807, 2.05) is 0 Å². The van der Waals surface area contributed by atoms with Crippen molar-refractivity contribution in [2.24, 2.45) is 23.6 Å². The summed E-state index contributed by atoms with van der Waals surface area (Å²) in [6.07, 6.45) is 9.09. The van der Waals surface area contributed by atoms with Gasteiger partial charge in [-0.3, -0.25) is 11.3 Å². The first-order valence-corrected chi connectivity index (χ1v) is 8.54. The van der Waals surface area contributed by atoms with Crippen molar-refractivity contribution in [1.29, 1.82) is 0 Å². The molecule has 4 atom stereocenters. The Balaban J connectivity index is 1.38. The summed E-state index contributed by atoms with van der Waals surface area (Å²) < 4.78 is 5.58. The van der Waals surface area contributed by atoms with Crippen LogP contribution in [-0.4, -0.2) is 12.6 Å². The second-order valence-electron chi connectivity index (χ2n) is 7.19. The molecule has 1 aromatic carbocycles. The average Bonchev–Trinajstić information content (AvgIpc) is 3.23. The van der Waals surface area contributed by atoms with E-state index in [-0.39, 0.29) is 0 Å². The highest BCUT2D eigenvalue weighted by Crippen LogP contribution is 2.50. The van der Waals surface area contributed by atoms with Gasteiger partial charge < -0.3 is 4.74 Å². The quantitative estimate of drug-likeness (QED) is 0.646. The second-order valence-corrected chi connectivity index (χ2v) is 7.19. The first-order valence-electron chi connectivity index (χ1n) is 8.54. The molecule has 3 N–H and O–H groups in total. The molecule has 1 aromatic rings.